The first kappa shape index (κ1) is 21.2. The van der Waals surface area contributed by atoms with E-state index in [-0.39, 0.29) is 18.4 Å². The van der Waals surface area contributed by atoms with E-state index in [9.17, 15) is 14.4 Å². The SMILES string of the molecule is O=C(/C=C/c1ccccc1)Nc1ccc(-n2nnn(CC(=O)N3CCOCC3)c2=O)cc1. The molecule has 0 spiro atoms. The first-order valence-electron chi connectivity index (χ1n) is 10.1. The number of nitrogens with one attached hydrogen (secondary N) is 1. The van der Waals surface area contributed by atoms with Crippen molar-refractivity contribution >= 4 is 23.6 Å². The van der Waals surface area contributed by atoms with E-state index in [0.29, 0.717) is 37.7 Å². The Kier molecular flexibility index (Phi) is 6.52. The summed E-state index contributed by atoms with van der Waals surface area (Å²) >= 11 is 0. The number of carbonyl (C=O) groups is 2. The summed E-state index contributed by atoms with van der Waals surface area (Å²) in [7, 11) is 0. The Morgan fingerprint density at radius 1 is 1.00 bits per heavy atom. The van der Waals surface area contributed by atoms with E-state index in [1.165, 1.54) is 6.08 Å². The van der Waals surface area contributed by atoms with E-state index in [2.05, 4.69) is 15.7 Å². The van der Waals surface area contributed by atoms with Gasteiger partial charge >= 0.3 is 5.69 Å². The number of carbonyl (C=O) groups excluding carboxylic acids is 2. The summed E-state index contributed by atoms with van der Waals surface area (Å²) in [5.74, 6) is -0.476. The fourth-order valence-electron chi connectivity index (χ4n) is 3.18. The van der Waals surface area contributed by atoms with Crippen molar-refractivity contribution in [3.8, 4) is 5.69 Å². The molecule has 1 aliphatic heterocycles. The molecule has 3 aromatic rings. The Morgan fingerprint density at radius 2 is 1.72 bits per heavy atom. The highest BCUT2D eigenvalue weighted by molar-refractivity contribution is 6.01. The lowest BCUT2D eigenvalue weighted by molar-refractivity contribution is -0.136. The molecule has 10 nitrogen and oxygen atoms in total. The van der Waals surface area contributed by atoms with Crippen LogP contribution in [0.2, 0.25) is 0 Å². The summed E-state index contributed by atoms with van der Waals surface area (Å²) < 4.78 is 7.36. The molecule has 4 rings (SSSR count). The molecule has 10 heteroatoms. The van der Waals surface area contributed by atoms with E-state index in [1.807, 2.05) is 30.3 Å². The summed E-state index contributed by atoms with van der Waals surface area (Å²) in [6, 6.07) is 16.1. The largest absolute Gasteiger partial charge is 0.378 e. The molecule has 0 atom stereocenters. The van der Waals surface area contributed by atoms with Crippen LogP contribution < -0.4 is 11.0 Å². The van der Waals surface area contributed by atoms with Gasteiger partial charge in [-0.15, -0.1) is 0 Å². The maximum atomic E-state index is 12.6. The van der Waals surface area contributed by atoms with Crippen LogP contribution in [-0.2, 0) is 20.9 Å². The van der Waals surface area contributed by atoms with Crippen molar-refractivity contribution in [2.45, 2.75) is 6.54 Å². The number of amides is 2. The number of aromatic nitrogens is 4. The van der Waals surface area contributed by atoms with Gasteiger partial charge in [-0.25, -0.2) is 4.79 Å². The molecular weight excluding hydrogens is 412 g/mol. The third-order valence-corrected chi connectivity index (χ3v) is 4.89. The molecule has 1 N–H and O–H groups in total. The second-order valence-corrected chi connectivity index (χ2v) is 7.10. The number of ether oxygens (including phenoxy) is 1. The van der Waals surface area contributed by atoms with Crippen molar-refractivity contribution in [3.05, 3.63) is 76.7 Å². The molecular formula is C22H22N6O4. The highest BCUT2D eigenvalue weighted by atomic mass is 16.5. The van der Waals surface area contributed by atoms with Gasteiger partial charge in [-0.05, 0) is 46.3 Å². The quantitative estimate of drug-likeness (QED) is 0.578. The average molecular weight is 434 g/mol. The Morgan fingerprint density at radius 3 is 2.44 bits per heavy atom. The topological polar surface area (TPSA) is 111 Å². The van der Waals surface area contributed by atoms with Crippen LogP contribution in [0.3, 0.4) is 0 Å². The molecule has 1 fully saturated rings. The van der Waals surface area contributed by atoms with Crippen LogP contribution in [0.5, 0.6) is 0 Å². The Hall–Kier alpha value is -4.05. The number of rotatable bonds is 6. The van der Waals surface area contributed by atoms with Crippen molar-refractivity contribution in [2.75, 3.05) is 31.6 Å². The van der Waals surface area contributed by atoms with Gasteiger partial charge in [0.25, 0.3) is 0 Å². The molecule has 32 heavy (non-hydrogen) atoms. The van der Waals surface area contributed by atoms with Crippen molar-refractivity contribution in [1.82, 2.24) is 24.7 Å². The Balaban J connectivity index is 1.38. The highest BCUT2D eigenvalue weighted by Crippen LogP contribution is 2.12. The fraction of sp³-hybridized carbons (Fsp3) is 0.227. The van der Waals surface area contributed by atoms with Crippen LogP contribution in [0.25, 0.3) is 11.8 Å². The molecule has 0 radical (unpaired) electrons. The van der Waals surface area contributed by atoms with Crippen LogP contribution in [0.1, 0.15) is 5.56 Å². The van der Waals surface area contributed by atoms with Gasteiger partial charge < -0.3 is 15.0 Å². The van der Waals surface area contributed by atoms with E-state index in [1.54, 1.807) is 35.2 Å². The number of nitrogens with zero attached hydrogens (tertiary/aromatic N) is 5. The number of morpholine rings is 1. The third kappa shape index (κ3) is 5.16. The summed E-state index contributed by atoms with van der Waals surface area (Å²) in [4.78, 5) is 38.7. The van der Waals surface area contributed by atoms with E-state index < -0.39 is 5.69 Å². The van der Waals surface area contributed by atoms with Crippen LogP contribution in [0, 0.1) is 0 Å². The molecule has 0 unspecified atom stereocenters. The maximum absolute atomic E-state index is 12.6. The normalized spacial score (nSPS) is 13.9. The minimum absolute atomic E-state index is 0.180. The van der Waals surface area contributed by atoms with Crippen molar-refractivity contribution in [2.24, 2.45) is 0 Å². The monoisotopic (exact) mass is 434 g/mol. The highest BCUT2D eigenvalue weighted by Gasteiger charge is 2.19. The average Bonchev–Trinajstić information content (AvgIpc) is 3.19. The van der Waals surface area contributed by atoms with Gasteiger partial charge in [0.2, 0.25) is 11.8 Å². The van der Waals surface area contributed by atoms with Crippen LogP contribution >= 0.6 is 0 Å². The van der Waals surface area contributed by atoms with Gasteiger partial charge in [0.1, 0.15) is 6.54 Å². The van der Waals surface area contributed by atoms with Crippen molar-refractivity contribution < 1.29 is 14.3 Å². The Bertz CT molecular complexity index is 1160. The summed E-state index contributed by atoms with van der Waals surface area (Å²) in [6.45, 7) is 1.78. The van der Waals surface area contributed by atoms with Gasteiger partial charge in [0.15, 0.2) is 0 Å². The second-order valence-electron chi connectivity index (χ2n) is 7.10. The molecule has 0 saturated carbocycles. The van der Waals surface area contributed by atoms with Crippen molar-refractivity contribution in [1.29, 1.82) is 0 Å². The van der Waals surface area contributed by atoms with Crippen molar-refractivity contribution in [3.63, 3.8) is 0 Å². The standard InChI is InChI=1S/C22H22N6O4/c29-20(11-6-17-4-2-1-3-5-17)23-18-7-9-19(10-8-18)28-22(31)27(24-25-28)16-21(30)26-12-14-32-15-13-26/h1-11H,12-16H2,(H,23,29)/b11-6+. The lowest BCUT2D eigenvalue weighted by Gasteiger charge is -2.26. The second kappa shape index (κ2) is 9.84. The number of tetrazole rings is 1. The van der Waals surface area contributed by atoms with E-state index >= 15 is 0 Å². The minimum Gasteiger partial charge on any atom is -0.378 e. The smallest absolute Gasteiger partial charge is 0.368 e. The molecule has 2 aromatic carbocycles. The van der Waals surface area contributed by atoms with Gasteiger partial charge in [-0.2, -0.15) is 9.36 Å². The molecule has 1 aliphatic rings. The molecule has 0 bridgehead atoms. The summed E-state index contributed by atoms with van der Waals surface area (Å²) in [5.41, 5.74) is 1.44. The number of hydrogen-bond donors (Lipinski definition) is 1. The first-order chi connectivity index (χ1) is 15.6. The lowest BCUT2D eigenvalue weighted by atomic mass is 10.2. The lowest BCUT2D eigenvalue weighted by Crippen LogP contribution is -2.43. The number of anilines is 1. The fourth-order valence-corrected chi connectivity index (χ4v) is 3.18. The predicted octanol–water partition coefficient (Wildman–Crippen LogP) is 0.940. The van der Waals surface area contributed by atoms with Gasteiger partial charge in [0, 0.05) is 24.9 Å². The van der Waals surface area contributed by atoms with Crippen LogP contribution in [-0.4, -0.2) is 62.8 Å². The molecule has 1 saturated heterocycles. The molecule has 2 heterocycles. The van der Waals surface area contributed by atoms with Gasteiger partial charge in [-0.1, -0.05) is 30.3 Å². The zero-order valence-corrected chi connectivity index (χ0v) is 17.3. The molecule has 2 amide bonds. The Labute approximate surface area is 183 Å². The zero-order valence-electron chi connectivity index (χ0n) is 17.3. The number of benzene rings is 2. The molecule has 164 valence electrons. The predicted molar refractivity (Wildman–Crippen MR) is 117 cm³/mol. The maximum Gasteiger partial charge on any atom is 0.368 e. The van der Waals surface area contributed by atoms with E-state index in [0.717, 1.165) is 14.9 Å². The van der Waals surface area contributed by atoms with Crippen LogP contribution in [0.15, 0.2) is 65.5 Å². The van der Waals surface area contributed by atoms with Gasteiger partial charge in [0.05, 0.1) is 18.9 Å². The zero-order chi connectivity index (χ0) is 22.3. The summed E-state index contributed by atoms with van der Waals surface area (Å²) in [6.07, 6.45) is 3.17. The molecule has 1 aromatic heterocycles. The van der Waals surface area contributed by atoms with E-state index in [4.69, 9.17) is 4.74 Å². The number of hydrogen-bond acceptors (Lipinski definition) is 6. The third-order valence-electron chi connectivity index (χ3n) is 4.89. The first-order valence-corrected chi connectivity index (χ1v) is 10.1. The van der Waals surface area contributed by atoms with Crippen LogP contribution in [0.4, 0.5) is 5.69 Å². The summed E-state index contributed by atoms with van der Waals surface area (Å²) in [5, 5.41) is 10.4. The van der Waals surface area contributed by atoms with Gasteiger partial charge in [-0.3, -0.25) is 9.59 Å². The minimum atomic E-state index is -0.519. The molecule has 0 aliphatic carbocycles.